The Labute approximate surface area is 176 Å². The molecule has 5 nitrogen and oxygen atoms in total. The summed E-state index contributed by atoms with van der Waals surface area (Å²) < 4.78 is 4.14. The lowest BCUT2D eigenvalue weighted by molar-refractivity contribution is -0.133. The molecule has 2 aliphatic heterocycles. The van der Waals surface area contributed by atoms with Gasteiger partial charge in [0, 0.05) is 61.0 Å². The van der Waals surface area contributed by atoms with Crippen molar-refractivity contribution in [2.75, 3.05) is 13.1 Å². The van der Waals surface area contributed by atoms with Crippen molar-refractivity contribution >= 4 is 16.8 Å². The molecule has 1 amide bonds. The molecule has 3 atom stereocenters. The maximum absolute atomic E-state index is 13.3. The molecule has 1 fully saturated rings. The van der Waals surface area contributed by atoms with Gasteiger partial charge >= 0.3 is 0 Å². The third kappa shape index (κ3) is 3.08. The minimum atomic E-state index is 0.108. The summed E-state index contributed by atoms with van der Waals surface area (Å²) in [7, 11) is 2.03. The summed E-state index contributed by atoms with van der Waals surface area (Å²) in [6.45, 7) is 3.64. The molecule has 30 heavy (non-hydrogen) atoms. The van der Waals surface area contributed by atoms with Crippen LogP contribution in [0.15, 0.2) is 53.5 Å². The zero-order valence-corrected chi connectivity index (χ0v) is 17.8. The van der Waals surface area contributed by atoms with Crippen molar-refractivity contribution in [2.24, 2.45) is 13.0 Å². The van der Waals surface area contributed by atoms with Crippen LogP contribution in [0.1, 0.15) is 49.4 Å². The Morgan fingerprint density at radius 3 is 2.77 bits per heavy atom. The number of hydrogen-bond acceptors (Lipinski definition) is 2. The quantitative estimate of drug-likeness (QED) is 0.664. The Kier molecular flexibility index (Phi) is 4.76. The van der Waals surface area contributed by atoms with Gasteiger partial charge < -0.3 is 14.0 Å². The van der Waals surface area contributed by atoms with Crippen LogP contribution in [0.5, 0.6) is 0 Å². The number of pyridine rings is 1. The molecule has 1 saturated heterocycles. The third-order valence-corrected chi connectivity index (χ3v) is 7.06. The second-order valence-corrected chi connectivity index (χ2v) is 8.97. The molecule has 0 spiro atoms. The number of fused-ring (bicyclic) bond motifs is 5. The van der Waals surface area contributed by atoms with Crippen LogP contribution >= 0.6 is 0 Å². The van der Waals surface area contributed by atoms with E-state index in [-0.39, 0.29) is 23.4 Å². The number of para-hydroxylation sites is 1. The molecule has 0 N–H and O–H groups in total. The van der Waals surface area contributed by atoms with Gasteiger partial charge in [0.05, 0.1) is 6.42 Å². The topological polar surface area (TPSA) is 47.2 Å². The van der Waals surface area contributed by atoms with Crippen molar-refractivity contribution in [2.45, 2.75) is 44.6 Å². The first kappa shape index (κ1) is 19.2. The fourth-order valence-electron chi connectivity index (χ4n) is 5.75. The molecule has 2 aliphatic rings. The summed E-state index contributed by atoms with van der Waals surface area (Å²) >= 11 is 0. The van der Waals surface area contributed by atoms with E-state index >= 15 is 0 Å². The van der Waals surface area contributed by atoms with E-state index < -0.39 is 0 Å². The van der Waals surface area contributed by atoms with Crippen molar-refractivity contribution < 1.29 is 4.79 Å². The van der Waals surface area contributed by atoms with Crippen molar-refractivity contribution in [1.82, 2.24) is 14.0 Å². The zero-order chi connectivity index (χ0) is 20.8. The van der Waals surface area contributed by atoms with Crippen LogP contribution in [-0.2, 0) is 18.3 Å². The fraction of sp³-hybridized carbons (Fsp3) is 0.440. The Hall–Kier alpha value is -2.82. The van der Waals surface area contributed by atoms with E-state index in [2.05, 4.69) is 40.8 Å². The van der Waals surface area contributed by atoms with E-state index in [1.54, 1.807) is 6.07 Å². The van der Waals surface area contributed by atoms with Crippen LogP contribution in [0.3, 0.4) is 0 Å². The molecule has 5 rings (SSSR count). The summed E-state index contributed by atoms with van der Waals surface area (Å²) in [6, 6.07) is 14.1. The molecule has 1 aromatic carbocycles. The van der Waals surface area contributed by atoms with E-state index in [1.165, 1.54) is 0 Å². The third-order valence-electron chi connectivity index (χ3n) is 7.06. The van der Waals surface area contributed by atoms with Crippen LogP contribution in [0.2, 0.25) is 0 Å². The maximum atomic E-state index is 13.3. The van der Waals surface area contributed by atoms with Crippen molar-refractivity contribution in [3.8, 4) is 0 Å². The number of amides is 1. The van der Waals surface area contributed by atoms with Gasteiger partial charge in [0.2, 0.25) is 5.91 Å². The number of likely N-dealkylation sites (tertiary alicyclic amines) is 1. The highest BCUT2D eigenvalue weighted by Crippen LogP contribution is 2.42. The summed E-state index contributed by atoms with van der Waals surface area (Å²) in [5.74, 6) is 0.804. The maximum Gasteiger partial charge on any atom is 0.250 e. The SMILES string of the molecule is CCC[C@H]1[C@H]2C[C@H](CN(C(=O)Cc3cn(C)c4ccccc34)C2)c2cccc(=O)n21. The van der Waals surface area contributed by atoms with Crippen molar-refractivity contribution in [3.05, 3.63) is 70.3 Å². The summed E-state index contributed by atoms with van der Waals surface area (Å²) in [4.78, 5) is 28.0. The average molecular weight is 404 g/mol. The van der Waals surface area contributed by atoms with Gasteiger partial charge in [-0.15, -0.1) is 0 Å². The highest BCUT2D eigenvalue weighted by molar-refractivity contribution is 5.89. The Morgan fingerprint density at radius 2 is 1.93 bits per heavy atom. The number of aryl methyl sites for hydroxylation is 1. The van der Waals surface area contributed by atoms with Gasteiger partial charge in [-0.25, -0.2) is 0 Å². The lowest BCUT2D eigenvalue weighted by Gasteiger charge is -2.47. The van der Waals surface area contributed by atoms with E-state index in [0.717, 1.165) is 48.0 Å². The largest absolute Gasteiger partial charge is 0.350 e. The first-order valence-electron chi connectivity index (χ1n) is 11.1. The van der Waals surface area contributed by atoms with Crippen molar-refractivity contribution in [1.29, 1.82) is 0 Å². The molecule has 156 valence electrons. The van der Waals surface area contributed by atoms with Crippen LogP contribution in [0.25, 0.3) is 10.9 Å². The summed E-state index contributed by atoms with van der Waals surface area (Å²) in [5.41, 5.74) is 3.47. The van der Waals surface area contributed by atoms with Gasteiger partial charge in [0.25, 0.3) is 5.56 Å². The Bertz CT molecular complexity index is 1160. The number of aromatic nitrogens is 2. The van der Waals surface area contributed by atoms with Crippen molar-refractivity contribution in [3.63, 3.8) is 0 Å². The highest BCUT2D eigenvalue weighted by atomic mass is 16.2. The van der Waals surface area contributed by atoms with Gasteiger partial charge in [-0.2, -0.15) is 0 Å². The number of piperidine rings is 1. The molecule has 2 aromatic heterocycles. The van der Waals surface area contributed by atoms with Gasteiger partial charge in [-0.3, -0.25) is 9.59 Å². The minimum absolute atomic E-state index is 0.108. The molecular formula is C25H29N3O2. The van der Waals surface area contributed by atoms with E-state index in [9.17, 15) is 9.59 Å². The first-order valence-corrected chi connectivity index (χ1v) is 11.1. The predicted octanol–water partition coefficient (Wildman–Crippen LogP) is 3.87. The smallest absolute Gasteiger partial charge is 0.250 e. The molecule has 3 aromatic rings. The molecule has 0 saturated carbocycles. The lowest BCUT2D eigenvalue weighted by atomic mass is 9.77. The minimum Gasteiger partial charge on any atom is -0.350 e. The molecule has 0 aliphatic carbocycles. The highest BCUT2D eigenvalue weighted by Gasteiger charge is 2.41. The second kappa shape index (κ2) is 7.46. The summed E-state index contributed by atoms with van der Waals surface area (Å²) in [6.07, 6.45) is 5.62. The second-order valence-electron chi connectivity index (χ2n) is 8.97. The summed E-state index contributed by atoms with van der Waals surface area (Å²) in [5, 5.41) is 1.16. The molecular weight excluding hydrogens is 374 g/mol. The van der Waals surface area contributed by atoms with Gasteiger partial charge in [0.15, 0.2) is 0 Å². The Morgan fingerprint density at radius 1 is 1.10 bits per heavy atom. The number of carbonyl (C=O) groups is 1. The number of hydrogen-bond donors (Lipinski definition) is 0. The fourth-order valence-corrected chi connectivity index (χ4v) is 5.75. The van der Waals surface area contributed by atoms with Gasteiger partial charge in [-0.1, -0.05) is 37.6 Å². The molecule has 0 radical (unpaired) electrons. The van der Waals surface area contributed by atoms with Gasteiger partial charge in [-0.05, 0) is 36.5 Å². The van der Waals surface area contributed by atoms with E-state index in [1.807, 2.05) is 29.8 Å². The number of carbonyl (C=O) groups excluding carboxylic acids is 1. The average Bonchev–Trinajstić information content (AvgIpc) is 3.07. The Balaban J connectivity index is 1.43. The van der Waals surface area contributed by atoms with E-state index in [0.29, 0.717) is 18.9 Å². The predicted molar refractivity (Wildman–Crippen MR) is 119 cm³/mol. The van der Waals surface area contributed by atoms with Crippen LogP contribution in [0, 0.1) is 5.92 Å². The first-order chi connectivity index (χ1) is 14.6. The van der Waals surface area contributed by atoms with Crippen LogP contribution in [-0.4, -0.2) is 33.0 Å². The molecule has 5 heteroatoms. The number of rotatable bonds is 4. The normalized spacial score (nSPS) is 22.9. The van der Waals surface area contributed by atoms with E-state index in [4.69, 9.17) is 0 Å². The molecule has 4 heterocycles. The number of benzene rings is 1. The molecule has 2 bridgehead atoms. The van der Waals surface area contributed by atoms with Crippen LogP contribution < -0.4 is 5.56 Å². The number of nitrogens with zero attached hydrogens (tertiary/aromatic N) is 3. The zero-order valence-electron chi connectivity index (χ0n) is 17.8. The lowest BCUT2D eigenvalue weighted by Crippen LogP contribution is -2.51. The van der Waals surface area contributed by atoms with Crippen LogP contribution in [0.4, 0.5) is 0 Å². The van der Waals surface area contributed by atoms with Gasteiger partial charge in [0.1, 0.15) is 0 Å². The molecule has 0 unspecified atom stereocenters. The standard InChI is InChI=1S/C25H29N3O2/c1-3-7-21-18-12-19(22-10-6-11-24(29)28(21)22)16-27(15-18)25(30)13-17-14-26(2)23-9-5-4-8-20(17)23/h4-6,8-11,14,18-19,21H,3,7,12-13,15-16H2,1-2H3/t18-,19+,21-/m0/s1. The monoisotopic (exact) mass is 403 g/mol.